The predicted molar refractivity (Wildman–Crippen MR) is 49.5 cm³/mol. The molecule has 2 heterocycles. The van der Waals surface area contributed by atoms with Crippen LogP contribution in [0.5, 0.6) is 0 Å². The van der Waals surface area contributed by atoms with Crippen LogP contribution in [0.3, 0.4) is 0 Å². The van der Waals surface area contributed by atoms with Crippen LogP contribution in [-0.2, 0) is 0 Å². The third-order valence-corrected chi connectivity index (χ3v) is 2.10. The highest BCUT2D eigenvalue weighted by Crippen LogP contribution is 2.21. The summed E-state index contributed by atoms with van der Waals surface area (Å²) in [5, 5.41) is 0. The Hall–Kier alpha value is -1.31. The molecule has 0 aromatic carbocycles. The van der Waals surface area contributed by atoms with E-state index in [1.54, 1.807) is 0 Å². The summed E-state index contributed by atoms with van der Waals surface area (Å²) >= 11 is 0. The molecule has 1 aromatic rings. The van der Waals surface area contributed by atoms with E-state index in [1.165, 1.54) is 5.57 Å². The van der Waals surface area contributed by atoms with Crippen LogP contribution in [0.25, 0.3) is 5.57 Å². The van der Waals surface area contributed by atoms with Gasteiger partial charge in [-0.3, -0.25) is 4.98 Å². The Bertz CT molecular complexity index is 290. The second-order valence-electron chi connectivity index (χ2n) is 3.10. The first-order valence-electron chi connectivity index (χ1n) is 4.18. The number of rotatable bonds is 1. The quantitative estimate of drug-likeness (QED) is 0.622. The van der Waals surface area contributed by atoms with E-state index in [4.69, 9.17) is 0 Å². The summed E-state index contributed by atoms with van der Waals surface area (Å²) in [4.78, 5) is 6.50. The third kappa shape index (κ3) is 1.33. The smallest absolute Gasteiger partial charge is 0.0676 e. The second kappa shape index (κ2) is 2.97. The van der Waals surface area contributed by atoms with E-state index in [0.717, 1.165) is 18.7 Å². The lowest BCUT2D eigenvalue weighted by molar-refractivity contribution is 0.496. The zero-order valence-electron chi connectivity index (χ0n) is 7.20. The van der Waals surface area contributed by atoms with Crippen molar-refractivity contribution in [3.8, 4) is 0 Å². The van der Waals surface area contributed by atoms with Crippen molar-refractivity contribution in [3.63, 3.8) is 0 Å². The SMILES string of the molecule is CN1C=C(c2ccccn2)CC1. The van der Waals surface area contributed by atoms with Crippen LogP contribution < -0.4 is 0 Å². The minimum absolute atomic E-state index is 1.11. The van der Waals surface area contributed by atoms with Crippen molar-refractivity contribution in [1.82, 2.24) is 9.88 Å². The molecule has 2 nitrogen and oxygen atoms in total. The molecule has 1 aliphatic rings. The van der Waals surface area contributed by atoms with Crippen molar-refractivity contribution in [2.45, 2.75) is 6.42 Å². The molecular formula is C10H12N2. The fourth-order valence-electron chi connectivity index (χ4n) is 1.44. The summed E-state index contributed by atoms with van der Waals surface area (Å²) in [7, 11) is 2.09. The van der Waals surface area contributed by atoms with Crippen LogP contribution in [0.4, 0.5) is 0 Å². The molecule has 0 unspecified atom stereocenters. The average molecular weight is 160 g/mol. The molecule has 0 saturated heterocycles. The number of pyridine rings is 1. The monoisotopic (exact) mass is 160 g/mol. The van der Waals surface area contributed by atoms with Gasteiger partial charge < -0.3 is 4.90 Å². The maximum atomic E-state index is 4.30. The lowest BCUT2D eigenvalue weighted by Gasteiger charge is -2.02. The van der Waals surface area contributed by atoms with Gasteiger partial charge in [-0.2, -0.15) is 0 Å². The largest absolute Gasteiger partial charge is 0.380 e. The summed E-state index contributed by atoms with van der Waals surface area (Å²) in [6.07, 6.45) is 5.13. The van der Waals surface area contributed by atoms with Crippen molar-refractivity contribution in [1.29, 1.82) is 0 Å². The molecule has 0 amide bonds. The minimum atomic E-state index is 1.11. The summed E-state index contributed by atoms with van der Waals surface area (Å²) in [5.41, 5.74) is 2.46. The number of nitrogens with zero attached hydrogens (tertiary/aromatic N) is 2. The Morgan fingerprint density at radius 2 is 2.33 bits per heavy atom. The van der Waals surface area contributed by atoms with E-state index < -0.39 is 0 Å². The Labute approximate surface area is 72.5 Å². The molecule has 2 heteroatoms. The topological polar surface area (TPSA) is 16.1 Å². The van der Waals surface area contributed by atoms with Crippen LogP contribution in [0.15, 0.2) is 30.6 Å². The van der Waals surface area contributed by atoms with Gasteiger partial charge in [0.15, 0.2) is 0 Å². The lowest BCUT2D eigenvalue weighted by Crippen LogP contribution is -2.04. The Morgan fingerprint density at radius 1 is 1.42 bits per heavy atom. The van der Waals surface area contributed by atoms with Gasteiger partial charge in [0.1, 0.15) is 0 Å². The van der Waals surface area contributed by atoms with Gasteiger partial charge in [0.2, 0.25) is 0 Å². The molecule has 0 N–H and O–H groups in total. The zero-order valence-corrected chi connectivity index (χ0v) is 7.20. The predicted octanol–water partition coefficient (Wildman–Crippen LogP) is 1.76. The molecule has 0 spiro atoms. The van der Waals surface area contributed by atoms with Gasteiger partial charge in [0.05, 0.1) is 5.69 Å². The normalized spacial score (nSPS) is 16.4. The number of aromatic nitrogens is 1. The molecule has 2 rings (SSSR count). The minimum Gasteiger partial charge on any atom is -0.380 e. The molecule has 0 saturated carbocycles. The molecule has 1 aliphatic heterocycles. The molecule has 0 radical (unpaired) electrons. The number of hydrogen-bond acceptors (Lipinski definition) is 2. The average Bonchev–Trinajstić information content (AvgIpc) is 2.54. The lowest BCUT2D eigenvalue weighted by atomic mass is 10.1. The summed E-state index contributed by atoms with van der Waals surface area (Å²) < 4.78 is 0. The van der Waals surface area contributed by atoms with Crippen molar-refractivity contribution in [3.05, 3.63) is 36.3 Å². The molecule has 0 aliphatic carbocycles. The fourth-order valence-corrected chi connectivity index (χ4v) is 1.44. The van der Waals surface area contributed by atoms with Crippen molar-refractivity contribution < 1.29 is 0 Å². The zero-order chi connectivity index (χ0) is 8.39. The van der Waals surface area contributed by atoms with Gasteiger partial charge in [-0.15, -0.1) is 0 Å². The van der Waals surface area contributed by atoms with Crippen LogP contribution in [0, 0.1) is 0 Å². The van der Waals surface area contributed by atoms with Gasteiger partial charge in [-0.05, 0) is 24.1 Å². The van der Waals surface area contributed by atoms with Crippen molar-refractivity contribution in [2.24, 2.45) is 0 Å². The molecular weight excluding hydrogens is 148 g/mol. The van der Waals surface area contributed by atoms with Crippen LogP contribution in [0.2, 0.25) is 0 Å². The van der Waals surface area contributed by atoms with E-state index in [2.05, 4.69) is 29.2 Å². The summed E-state index contributed by atoms with van der Waals surface area (Å²) in [5.74, 6) is 0. The maximum Gasteiger partial charge on any atom is 0.0676 e. The molecule has 1 aromatic heterocycles. The first-order chi connectivity index (χ1) is 5.86. The first kappa shape index (κ1) is 7.35. The Kier molecular flexibility index (Phi) is 1.82. The van der Waals surface area contributed by atoms with Gasteiger partial charge in [-0.25, -0.2) is 0 Å². The number of hydrogen-bond donors (Lipinski definition) is 0. The highest BCUT2D eigenvalue weighted by atomic mass is 15.1. The fraction of sp³-hybridized carbons (Fsp3) is 0.300. The van der Waals surface area contributed by atoms with Crippen molar-refractivity contribution in [2.75, 3.05) is 13.6 Å². The second-order valence-corrected chi connectivity index (χ2v) is 3.10. The Balaban J connectivity index is 2.27. The molecule has 0 bridgehead atoms. The summed E-state index contributed by atoms with van der Waals surface area (Å²) in [6.45, 7) is 1.12. The van der Waals surface area contributed by atoms with Gasteiger partial charge in [0.25, 0.3) is 0 Å². The highest BCUT2D eigenvalue weighted by molar-refractivity contribution is 5.63. The van der Waals surface area contributed by atoms with E-state index >= 15 is 0 Å². The third-order valence-electron chi connectivity index (χ3n) is 2.10. The van der Waals surface area contributed by atoms with Crippen LogP contribution in [0.1, 0.15) is 12.1 Å². The molecule has 12 heavy (non-hydrogen) atoms. The van der Waals surface area contributed by atoms with E-state index in [9.17, 15) is 0 Å². The maximum absolute atomic E-state index is 4.30. The Morgan fingerprint density at radius 3 is 2.92 bits per heavy atom. The van der Waals surface area contributed by atoms with E-state index in [-0.39, 0.29) is 0 Å². The van der Waals surface area contributed by atoms with Crippen LogP contribution in [-0.4, -0.2) is 23.5 Å². The van der Waals surface area contributed by atoms with E-state index in [0.29, 0.717) is 0 Å². The molecule has 0 fully saturated rings. The van der Waals surface area contributed by atoms with Gasteiger partial charge in [-0.1, -0.05) is 6.07 Å². The van der Waals surface area contributed by atoms with E-state index in [1.807, 2.05) is 18.3 Å². The van der Waals surface area contributed by atoms with Crippen LogP contribution >= 0.6 is 0 Å². The summed E-state index contributed by atoms with van der Waals surface area (Å²) in [6, 6.07) is 6.04. The molecule has 62 valence electrons. The molecule has 0 atom stereocenters. The van der Waals surface area contributed by atoms with Crippen molar-refractivity contribution >= 4 is 5.57 Å². The van der Waals surface area contributed by atoms with Gasteiger partial charge in [0, 0.05) is 26.0 Å². The first-order valence-corrected chi connectivity index (χ1v) is 4.18. The van der Waals surface area contributed by atoms with Gasteiger partial charge >= 0.3 is 0 Å². The highest BCUT2D eigenvalue weighted by Gasteiger charge is 2.10. The standard InChI is InChI=1S/C10H12N2/c1-12-7-5-9(8-12)10-4-2-3-6-11-10/h2-4,6,8H,5,7H2,1H3.